The Morgan fingerprint density at radius 3 is 2.64 bits per heavy atom. The second-order valence-electron chi connectivity index (χ2n) is 5.49. The SMILES string of the molecule is CC(NC(=O)c1ccccc1F)C(=O)Nc1cccc2c1OCCO2. The molecule has 3 rings (SSSR count). The highest BCUT2D eigenvalue weighted by molar-refractivity contribution is 6.01. The molecule has 0 saturated heterocycles. The molecule has 6 nitrogen and oxygen atoms in total. The lowest BCUT2D eigenvalue weighted by Crippen LogP contribution is -2.42. The molecule has 0 fully saturated rings. The fourth-order valence-corrected chi connectivity index (χ4v) is 2.40. The van der Waals surface area contributed by atoms with Crippen molar-refractivity contribution < 1.29 is 23.5 Å². The first-order valence-corrected chi connectivity index (χ1v) is 7.81. The fraction of sp³-hybridized carbons (Fsp3) is 0.222. The topological polar surface area (TPSA) is 76.7 Å². The van der Waals surface area contributed by atoms with Crippen molar-refractivity contribution >= 4 is 17.5 Å². The molecule has 0 spiro atoms. The van der Waals surface area contributed by atoms with Crippen LogP contribution in [0.25, 0.3) is 0 Å². The van der Waals surface area contributed by atoms with Gasteiger partial charge in [-0.25, -0.2) is 4.39 Å². The van der Waals surface area contributed by atoms with E-state index in [0.717, 1.165) is 0 Å². The minimum Gasteiger partial charge on any atom is -0.486 e. The molecule has 0 bridgehead atoms. The van der Waals surface area contributed by atoms with Gasteiger partial charge in [-0.15, -0.1) is 0 Å². The van der Waals surface area contributed by atoms with Gasteiger partial charge in [-0.2, -0.15) is 0 Å². The van der Waals surface area contributed by atoms with E-state index in [9.17, 15) is 14.0 Å². The summed E-state index contributed by atoms with van der Waals surface area (Å²) in [7, 11) is 0. The molecule has 0 saturated carbocycles. The molecular formula is C18H17FN2O4. The van der Waals surface area contributed by atoms with Crippen LogP contribution >= 0.6 is 0 Å². The Labute approximate surface area is 143 Å². The number of benzene rings is 2. The Kier molecular flexibility index (Phi) is 4.83. The molecule has 2 aromatic carbocycles. The van der Waals surface area contributed by atoms with E-state index in [-0.39, 0.29) is 5.56 Å². The smallest absolute Gasteiger partial charge is 0.254 e. The van der Waals surface area contributed by atoms with Crippen molar-refractivity contribution in [3.05, 3.63) is 53.8 Å². The number of anilines is 1. The average Bonchev–Trinajstić information content (AvgIpc) is 2.62. The lowest BCUT2D eigenvalue weighted by atomic mass is 10.2. The number of para-hydroxylation sites is 1. The number of carbonyl (C=O) groups is 2. The molecule has 1 aliphatic heterocycles. The standard InChI is InChI=1S/C18H17FN2O4/c1-11(20-18(23)12-5-2-3-6-13(12)19)17(22)21-14-7-4-8-15-16(14)25-10-9-24-15/h2-8,11H,9-10H2,1H3,(H,20,23)(H,21,22). The van der Waals surface area contributed by atoms with Crippen molar-refractivity contribution in [1.29, 1.82) is 0 Å². The van der Waals surface area contributed by atoms with Crippen LogP contribution in [0, 0.1) is 5.82 Å². The highest BCUT2D eigenvalue weighted by Crippen LogP contribution is 2.37. The molecule has 0 aliphatic carbocycles. The zero-order chi connectivity index (χ0) is 17.8. The molecule has 1 unspecified atom stereocenters. The van der Waals surface area contributed by atoms with Gasteiger partial charge in [-0.3, -0.25) is 9.59 Å². The van der Waals surface area contributed by atoms with E-state index in [4.69, 9.17) is 9.47 Å². The number of carbonyl (C=O) groups excluding carboxylic acids is 2. The summed E-state index contributed by atoms with van der Waals surface area (Å²) in [5.74, 6) is -0.750. The third-order valence-electron chi connectivity index (χ3n) is 3.68. The number of rotatable bonds is 4. The zero-order valence-corrected chi connectivity index (χ0v) is 13.5. The molecule has 1 heterocycles. The quantitative estimate of drug-likeness (QED) is 0.893. The van der Waals surface area contributed by atoms with Crippen LogP contribution in [-0.2, 0) is 4.79 Å². The van der Waals surface area contributed by atoms with Crippen LogP contribution in [0.15, 0.2) is 42.5 Å². The first kappa shape index (κ1) is 16.8. The van der Waals surface area contributed by atoms with Crippen molar-refractivity contribution in [2.75, 3.05) is 18.5 Å². The molecule has 1 atom stereocenters. The lowest BCUT2D eigenvalue weighted by molar-refractivity contribution is -0.117. The second kappa shape index (κ2) is 7.21. The first-order valence-electron chi connectivity index (χ1n) is 7.81. The van der Waals surface area contributed by atoms with Crippen LogP contribution in [0.5, 0.6) is 11.5 Å². The van der Waals surface area contributed by atoms with E-state index in [1.54, 1.807) is 24.3 Å². The third-order valence-corrected chi connectivity index (χ3v) is 3.68. The van der Waals surface area contributed by atoms with Gasteiger partial charge in [0, 0.05) is 0 Å². The number of halogens is 1. The Bertz CT molecular complexity index is 809. The summed E-state index contributed by atoms with van der Waals surface area (Å²) < 4.78 is 24.6. The van der Waals surface area contributed by atoms with Crippen molar-refractivity contribution in [1.82, 2.24) is 5.32 Å². The molecule has 0 radical (unpaired) electrons. The summed E-state index contributed by atoms with van der Waals surface area (Å²) in [6.45, 7) is 2.35. The summed E-state index contributed by atoms with van der Waals surface area (Å²) in [6.07, 6.45) is 0. The molecule has 7 heteroatoms. The van der Waals surface area contributed by atoms with E-state index in [1.165, 1.54) is 25.1 Å². The largest absolute Gasteiger partial charge is 0.486 e. The van der Waals surface area contributed by atoms with Gasteiger partial charge < -0.3 is 20.1 Å². The molecule has 1 aliphatic rings. The van der Waals surface area contributed by atoms with Gasteiger partial charge in [0.15, 0.2) is 11.5 Å². The summed E-state index contributed by atoms with van der Waals surface area (Å²) in [4.78, 5) is 24.4. The monoisotopic (exact) mass is 344 g/mol. The Balaban J connectivity index is 1.67. The summed E-state index contributed by atoms with van der Waals surface area (Å²) >= 11 is 0. The molecular weight excluding hydrogens is 327 g/mol. The van der Waals surface area contributed by atoms with Gasteiger partial charge in [0.05, 0.1) is 11.3 Å². The molecule has 25 heavy (non-hydrogen) atoms. The van der Waals surface area contributed by atoms with Crippen molar-refractivity contribution in [3.63, 3.8) is 0 Å². The normalized spacial score (nSPS) is 13.7. The van der Waals surface area contributed by atoms with Crippen molar-refractivity contribution in [2.24, 2.45) is 0 Å². The van der Waals surface area contributed by atoms with Gasteiger partial charge in [0.2, 0.25) is 5.91 Å². The lowest BCUT2D eigenvalue weighted by Gasteiger charge is -2.22. The highest BCUT2D eigenvalue weighted by atomic mass is 19.1. The van der Waals surface area contributed by atoms with Crippen molar-refractivity contribution in [2.45, 2.75) is 13.0 Å². The van der Waals surface area contributed by atoms with Gasteiger partial charge in [-0.05, 0) is 31.2 Å². The van der Waals surface area contributed by atoms with Gasteiger partial charge in [-0.1, -0.05) is 18.2 Å². The van der Waals surface area contributed by atoms with Crippen LogP contribution in [0.1, 0.15) is 17.3 Å². The van der Waals surface area contributed by atoms with Crippen LogP contribution < -0.4 is 20.1 Å². The number of hydrogen-bond acceptors (Lipinski definition) is 4. The van der Waals surface area contributed by atoms with Crippen LogP contribution in [-0.4, -0.2) is 31.1 Å². The maximum atomic E-state index is 13.6. The Morgan fingerprint density at radius 2 is 1.84 bits per heavy atom. The number of ether oxygens (including phenoxy) is 2. The van der Waals surface area contributed by atoms with E-state index in [2.05, 4.69) is 10.6 Å². The average molecular weight is 344 g/mol. The Hall–Kier alpha value is -3.09. The third kappa shape index (κ3) is 3.71. The van der Waals surface area contributed by atoms with Crippen LogP contribution in [0.3, 0.4) is 0 Å². The Morgan fingerprint density at radius 1 is 1.08 bits per heavy atom. The predicted octanol–water partition coefficient (Wildman–Crippen LogP) is 2.35. The molecule has 130 valence electrons. The number of amides is 2. The number of fused-ring (bicyclic) bond motifs is 1. The first-order chi connectivity index (χ1) is 12.1. The summed E-state index contributed by atoms with van der Waals surface area (Å²) in [6, 6.07) is 9.86. The van der Waals surface area contributed by atoms with Gasteiger partial charge in [0.1, 0.15) is 25.1 Å². The highest BCUT2D eigenvalue weighted by Gasteiger charge is 2.22. The molecule has 2 amide bonds. The van der Waals surface area contributed by atoms with Crippen LogP contribution in [0.2, 0.25) is 0 Å². The summed E-state index contributed by atoms with van der Waals surface area (Å²) in [5, 5.41) is 5.16. The fourth-order valence-electron chi connectivity index (χ4n) is 2.40. The van der Waals surface area contributed by atoms with Gasteiger partial charge in [0.25, 0.3) is 5.91 Å². The minimum absolute atomic E-state index is 0.115. The summed E-state index contributed by atoms with van der Waals surface area (Å²) in [5.41, 5.74) is 0.338. The maximum Gasteiger partial charge on any atom is 0.254 e. The number of nitrogens with one attached hydrogen (secondary N) is 2. The predicted molar refractivity (Wildman–Crippen MR) is 89.4 cm³/mol. The van der Waals surface area contributed by atoms with Crippen LogP contribution in [0.4, 0.5) is 10.1 Å². The molecule has 2 N–H and O–H groups in total. The second-order valence-corrected chi connectivity index (χ2v) is 5.49. The molecule has 2 aromatic rings. The van der Waals surface area contributed by atoms with E-state index >= 15 is 0 Å². The van der Waals surface area contributed by atoms with Gasteiger partial charge >= 0.3 is 0 Å². The maximum absolute atomic E-state index is 13.6. The minimum atomic E-state index is -0.868. The molecule has 0 aromatic heterocycles. The zero-order valence-electron chi connectivity index (χ0n) is 13.5. The van der Waals surface area contributed by atoms with E-state index < -0.39 is 23.7 Å². The van der Waals surface area contributed by atoms with Crippen molar-refractivity contribution in [3.8, 4) is 11.5 Å². The van der Waals surface area contributed by atoms with E-state index in [1.807, 2.05) is 0 Å². The number of hydrogen-bond donors (Lipinski definition) is 2. The van der Waals surface area contributed by atoms with E-state index in [0.29, 0.717) is 30.4 Å².